The fraction of sp³-hybridized carbons (Fsp3) is 0.381. The van der Waals surface area contributed by atoms with Crippen LogP contribution in [0.2, 0.25) is 0 Å². The van der Waals surface area contributed by atoms with E-state index in [4.69, 9.17) is 4.74 Å². The molecular formula is C21H22N2O3S. The summed E-state index contributed by atoms with van der Waals surface area (Å²) in [6.45, 7) is 1.91. The lowest BCUT2D eigenvalue weighted by atomic mass is 9.96. The van der Waals surface area contributed by atoms with Crippen molar-refractivity contribution in [2.45, 2.75) is 45.4 Å². The average Bonchev–Trinajstić information content (AvgIpc) is 3.02. The van der Waals surface area contributed by atoms with Crippen LogP contribution in [0.5, 0.6) is 5.75 Å². The van der Waals surface area contributed by atoms with Crippen LogP contribution >= 0.6 is 11.3 Å². The molecule has 1 amide bonds. The van der Waals surface area contributed by atoms with Gasteiger partial charge in [-0.1, -0.05) is 11.6 Å². The highest BCUT2D eigenvalue weighted by atomic mass is 32.1. The summed E-state index contributed by atoms with van der Waals surface area (Å²) >= 11 is 1.49. The molecule has 2 aromatic rings. The summed E-state index contributed by atoms with van der Waals surface area (Å²) in [5.74, 6) is 0.144. The molecule has 0 bridgehead atoms. The number of amides is 1. The van der Waals surface area contributed by atoms with E-state index in [9.17, 15) is 14.9 Å². The molecule has 0 unspecified atom stereocenters. The van der Waals surface area contributed by atoms with Crippen LogP contribution in [0.4, 0.5) is 5.00 Å². The molecule has 5 nitrogen and oxygen atoms in total. The summed E-state index contributed by atoms with van der Waals surface area (Å²) in [4.78, 5) is 26.1. The highest BCUT2D eigenvalue weighted by Gasteiger charge is 2.22. The number of hydrogen-bond acceptors (Lipinski definition) is 5. The molecule has 0 saturated heterocycles. The van der Waals surface area contributed by atoms with Crippen molar-refractivity contribution in [3.63, 3.8) is 0 Å². The Morgan fingerprint density at radius 1 is 1.26 bits per heavy atom. The fourth-order valence-corrected chi connectivity index (χ4v) is 4.62. The maximum absolute atomic E-state index is 12.5. The number of Topliss-reactive ketones (excluding diaryl/α,β-unsaturated/α-hetero) is 1. The van der Waals surface area contributed by atoms with Crippen molar-refractivity contribution in [1.82, 2.24) is 0 Å². The minimum atomic E-state index is -0.245. The number of carbonyl (C=O) groups excluding carboxylic acids is 2. The number of ketones is 1. The van der Waals surface area contributed by atoms with Gasteiger partial charge in [-0.25, -0.2) is 0 Å². The Balaban J connectivity index is 1.66. The predicted molar refractivity (Wildman–Crippen MR) is 106 cm³/mol. The number of nitriles is 1. The molecule has 1 heterocycles. The second-order valence-corrected chi connectivity index (χ2v) is 7.81. The van der Waals surface area contributed by atoms with Crippen molar-refractivity contribution in [3.05, 3.63) is 45.3 Å². The molecule has 0 atom stereocenters. The van der Waals surface area contributed by atoms with E-state index < -0.39 is 0 Å². The normalized spacial score (nSPS) is 12.8. The molecule has 27 heavy (non-hydrogen) atoms. The van der Waals surface area contributed by atoms with E-state index in [1.165, 1.54) is 23.3 Å². The number of nitrogens with one attached hydrogen (secondary N) is 1. The number of rotatable bonds is 6. The highest BCUT2D eigenvalue weighted by Crippen LogP contribution is 2.37. The Labute approximate surface area is 163 Å². The van der Waals surface area contributed by atoms with Crippen molar-refractivity contribution in [2.24, 2.45) is 0 Å². The van der Waals surface area contributed by atoms with Gasteiger partial charge in [0.1, 0.15) is 16.8 Å². The zero-order chi connectivity index (χ0) is 19.4. The third-order valence-corrected chi connectivity index (χ3v) is 5.98. The number of nitrogens with zero attached hydrogens (tertiary/aromatic N) is 1. The summed E-state index contributed by atoms with van der Waals surface area (Å²) in [5, 5.41) is 12.9. The first-order valence-electron chi connectivity index (χ1n) is 9.05. The molecule has 140 valence electrons. The molecule has 0 spiro atoms. The van der Waals surface area contributed by atoms with Crippen LogP contribution in [-0.4, -0.2) is 18.8 Å². The summed E-state index contributed by atoms with van der Waals surface area (Å²) in [7, 11) is 1.52. The quantitative estimate of drug-likeness (QED) is 0.750. The molecule has 0 fully saturated rings. The molecule has 3 rings (SSSR count). The van der Waals surface area contributed by atoms with Crippen LogP contribution in [0.25, 0.3) is 0 Å². The summed E-state index contributed by atoms with van der Waals surface area (Å²) in [5.41, 5.74) is 3.14. The molecule has 1 aliphatic rings. The van der Waals surface area contributed by atoms with E-state index in [1.54, 1.807) is 12.1 Å². The SMILES string of the molecule is COc1ccc(C)cc1C(=O)CCC(=O)Nc1sc2c(c1C#N)CCCC2. The number of ether oxygens (including phenoxy) is 1. The van der Waals surface area contributed by atoms with E-state index in [2.05, 4.69) is 11.4 Å². The Kier molecular flexibility index (Phi) is 5.92. The first-order valence-corrected chi connectivity index (χ1v) is 9.87. The van der Waals surface area contributed by atoms with Crippen LogP contribution in [0.15, 0.2) is 18.2 Å². The van der Waals surface area contributed by atoms with Crippen molar-refractivity contribution in [1.29, 1.82) is 5.26 Å². The van der Waals surface area contributed by atoms with Gasteiger partial charge < -0.3 is 10.1 Å². The van der Waals surface area contributed by atoms with E-state index >= 15 is 0 Å². The van der Waals surface area contributed by atoms with Gasteiger partial charge in [-0.15, -0.1) is 11.3 Å². The maximum Gasteiger partial charge on any atom is 0.225 e. The van der Waals surface area contributed by atoms with Crippen LogP contribution in [0.3, 0.4) is 0 Å². The van der Waals surface area contributed by atoms with Gasteiger partial charge in [0.2, 0.25) is 5.91 Å². The first kappa shape index (κ1) is 19.1. The topological polar surface area (TPSA) is 79.2 Å². The molecule has 1 aliphatic carbocycles. The number of aryl methyl sites for hydroxylation is 2. The molecule has 6 heteroatoms. The number of thiophene rings is 1. The van der Waals surface area contributed by atoms with Crippen LogP contribution in [0, 0.1) is 18.3 Å². The molecule has 1 aromatic carbocycles. The van der Waals surface area contributed by atoms with Gasteiger partial charge in [-0.3, -0.25) is 9.59 Å². The van der Waals surface area contributed by atoms with Crippen molar-refractivity contribution in [2.75, 3.05) is 12.4 Å². The largest absolute Gasteiger partial charge is 0.496 e. The Bertz CT molecular complexity index is 924. The molecule has 1 N–H and O–H groups in total. The fourth-order valence-electron chi connectivity index (χ4n) is 3.36. The smallest absolute Gasteiger partial charge is 0.225 e. The summed E-state index contributed by atoms with van der Waals surface area (Å²) in [6, 6.07) is 7.65. The highest BCUT2D eigenvalue weighted by molar-refractivity contribution is 7.16. The lowest BCUT2D eigenvalue weighted by Gasteiger charge is -2.09. The van der Waals surface area contributed by atoms with Gasteiger partial charge in [-0.2, -0.15) is 5.26 Å². The first-order chi connectivity index (χ1) is 13.0. The zero-order valence-corrected chi connectivity index (χ0v) is 16.4. The van der Waals surface area contributed by atoms with Crippen molar-refractivity contribution >= 4 is 28.0 Å². The van der Waals surface area contributed by atoms with Gasteiger partial charge in [0.25, 0.3) is 0 Å². The summed E-state index contributed by atoms with van der Waals surface area (Å²) in [6.07, 6.45) is 4.24. The van der Waals surface area contributed by atoms with Crippen molar-refractivity contribution in [3.8, 4) is 11.8 Å². The molecule has 1 aromatic heterocycles. The third-order valence-electron chi connectivity index (χ3n) is 4.77. The van der Waals surface area contributed by atoms with Gasteiger partial charge >= 0.3 is 0 Å². The molecular weight excluding hydrogens is 360 g/mol. The number of fused-ring (bicyclic) bond motifs is 1. The molecule has 0 aliphatic heterocycles. The number of anilines is 1. The number of benzene rings is 1. The minimum Gasteiger partial charge on any atom is -0.496 e. The van der Waals surface area contributed by atoms with Gasteiger partial charge in [0.15, 0.2) is 5.78 Å². The lowest BCUT2D eigenvalue weighted by molar-refractivity contribution is -0.116. The van der Waals surface area contributed by atoms with Gasteiger partial charge in [-0.05, 0) is 50.3 Å². The zero-order valence-electron chi connectivity index (χ0n) is 15.6. The number of hydrogen-bond donors (Lipinski definition) is 1. The number of methoxy groups -OCH3 is 1. The van der Waals surface area contributed by atoms with Crippen LogP contribution in [0.1, 0.15) is 57.6 Å². The van der Waals surface area contributed by atoms with Gasteiger partial charge in [0, 0.05) is 17.7 Å². The second kappa shape index (κ2) is 8.36. The van der Waals surface area contributed by atoms with E-state index in [0.717, 1.165) is 36.8 Å². The monoisotopic (exact) mass is 382 g/mol. The third kappa shape index (κ3) is 4.20. The average molecular weight is 382 g/mol. The Hall–Kier alpha value is -2.65. The van der Waals surface area contributed by atoms with E-state index in [-0.39, 0.29) is 24.5 Å². The Morgan fingerprint density at radius 2 is 2.04 bits per heavy atom. The van der Waals surface area contributed by atoms with Crippen LogP contribution in [-0.2, 0) is 17.6 Å². The van der Waals surface area contributed by atoms with E-state index in [1.807, 2.05) is 13.0 Å². The molecule has 0 saturated carbocycles. The minimum absolute atomic E-state index is 0.0728. The second-order valence-electron chi connectivity index (χ2n) is 6.70. The lowest BCUT2D eigenvalue weighted by Crippen LogP contribution is -2.14. The van der Waals surface area contributed by atoms with Gasteiger partial charge in [0.05, 0.1) is 18.2 Å². The molecule has 0 radical (unpaired) electrons. The standard InChI is InChI=1S/C21H22N2O3S/c1-13-7-9-18(26-2)15(11-13)17(24)8-10-20(25)23-21-16(12-22)14-5-3-4-6-19(14)27-21/h7,9,11H,3-6,8,10H2,1-2H3,(H,23,25). The predicted octanol–water partition coefficient (Wildman–Crippen LogP) is 4.42. The Morgan fingerprint density at radius 3 is 2.78 bits per heavy atom. The maximum atomic E-state index is 12.5. The van der Waals surface area contributed by atoms with E-state index in [0.29, 0.717) is 21.9 Å². The summed E-state index contributed by atoms with van der Waals surface area (Å²) < 4.78 is 5.24. The van der Waals surface area contributed by atoms with Crippen molar-refractivity contribution < 1.29 is 14.3 Å². The number of carbonyl (C=O) groups is 2. The van der Waals surface area contributed by atoms with Crippen LogP contribution < -0.4 is 10.1 Å².